The number of carbonyl (C=O) groups is 1. The lowest BCUT2D eigenvalue weighted by Crippen LogP contribution is -2.19. The Bertz CT molecular complexity index is 493. The maximum Gasteiger partial charge on any atom is 0.337 e. The molecule has 2 aromatic heterocycles. The van der Waals surface area contributed by atoms with E-state index < -0.39 is 5.97 Å². The van der Waals surface area contributed by atoms with Gasteiger partial charge in [0.2, 0.25) is 0 Å². The largest absolute Gasteiger partial charge is 0.478 e. The Hall–Kier alpha value is -2.21. The van der Waals surface area contributed by atoms with E-state index in [-0.39, 0.29) is 5.56 Å². The first-order valence-corrected chi connectivity index (χ1v) is 5.60. The fourth-order valence-corrected chi connectivity index (χ4v) is 1.50. The quantitative estimate of drug-likeness (QED) is 0.736. The number of carboxylic acid groups (broad SMARTS) is 1. The van der Waals surface area contributed by atoms with Crippen LogP contribution in [0.15, 0.2) is 37.1 Å². The molecule has 0 amide bonds. The van der Waals surface area contributed by atoms with E-state index in [1.165, 1.54) is 6.20 Å². The highest BCUT2D eigenvalue weighted by Gasteiger charge is 2.02. The summed E-state index contributed by atoms with van der Waals surface area (Å²) in [6.45, 7) is 2.26. The number of aromatic nitrogens is 3. The van der Waals surface area contributed by atoms with Crippen molar-refractivity contribution in [3.05, 3.63) is 48.3 Å². The molecule has 2 heterocycles. The standard InChI is InChI=1S/C12H14N4O2/c17-12(18)10-1-2-11(15-7-10)8-13-3-5-16-6-4-14-9-16/h1-2,4,6-7,9,13H,3,5,8H2,(H,17,18). The summed E-state index contributed by atoms with van der Waals surface area (Å²) in [5.41, 5.74) is 1.03. The first-order valence-electron chi connectivity index (χ1n) is 5.60. The van der Waals surface area contributed by atoms with Gasteiger partial charge in [0.15, 0.2) is 0 Å². The van der Waals surface area contributed by atoms with Crippen LogP contribution in [0.1, 0.15) is 16.1 Å². The molecule has 0 spiro atoms. The second-order valence-corrected chi connectivity index (χ2v) is 3.82. The monoisotopic (exact) mass is 246 g/mol. The second-order valence-electron chi connectivity index (χ2n) is 3.82. The fourth-order valence-electron chi connectivity index (χ4n) is 1.50. The first-order chi connectivity index (χ1) is 8.75. The molecule has 2 rings (SSSR count). The van der Waals surface area contributed by atoms with Gasteiger partial charge in [0.1, 0.15) is 0 Å². The van der Waals surface area contributed by atoms with Gasteiger partial charge < -0.3 is 15.0 Å². The van der Waals surface area contributed by atoms with Crippen molar-refractivity contribution in [2.45, 2.75) is 13.1 Å². The lowest BCUT2D eigenvalue weighted by Gasteiger charge is -2.05. The van der Waals surface area contributed by atoms with Crippen LogP contribution in [-0.4, -0.2) is 32.2 Å². The van der Waals surface area contributed by atoms with E-state index in [1.54, 1.807) is 24.7 Å². The Morgan fingerprint density at radius 3 is 2.94 bits per heavy atom. The van der Waals surface area contributed by atoms with Crippen LogP contribution in [-0.2, 0) is 13.1 Å². The van der Waals surface area contributed by atoms with E-state index in [4.69, 9.17) is 5.11 Å². The molecular formula is C12H14N4O2. The SMILES string of the molecule is O=C(O)c1ccc(CNCCn2ccnc2)nc1. The van der Waals surface area contributed by atoms with Gasteiger partial charge in [-0.05, 0) is 12.1 Å². The molecule has 0 aromatic carbocycles. The molecule has 0 atom stereocenters. The summed E-state index contributed by atoms with van der Waals surface area (Å²) < 4.78 is 1.98. The van der Waals surface area contributed by atoms with Crippen LogP contribution < -0.4 is 5.32 Å². The Balaban J connectivity index is 1.75. The van der Waals surface area contributed by atoms with Crippen LogP contribution in [0.25, 0.3) is 0 Å². The highest BCUT2D eigenvalue weighted by molar-refractivity contribution is 5.87. The number of hydrogen-bond donors (Lipinski definition) is 2. The zero-order chi connectivity index (χ0) is 12.8. The second kappa shape index (κ2) is 5.92. The number of carboxylic acids is 1. The molecule has 94 valence electrons. The molecule has 0 unspecified atom stereocenters. The number of hydrogen-bond acceptors (Lipinski definition) is 4. The lowest BCUT2D eigenvalue weighted by atomic mass is 10.2. The van der Waals surface area contributed by atoms with Gasteiger partial charge in [0.25, 0.3) is 0 Å². The maximum atomic E-state index is 10.6. The van der Waals surface area contributed by atoms with E-state index in [0.29, 0.717) is 6.54 Å². The molecular weight excluding hydrogens is 232 g/mol. The third-order valence-electron chi connectivity index (χ3n) is 2.48. The van der Waals surface area contributed by atoms with Crippen molar-refractivity contribution in [3.63, 3.8) is 0 Å². The van der Waals surface area contributed by atoms with Gasteiger partial charge in [-0.2, -0.15) is 0 Å². The van der Waals surface area contributed by atoms with Crippen LogP contribution in [0.3, 0.4) is 0 Å². The zero-order valence-electron chi connectivity index (χ0n) is 9.78. The number of pyridine rings is 1. The predicted octanol–water partition coefficient (Wildman–Crippen LogP) is 0.766. The summed E-state index contributed by atoms with van der Waals surface area (Å²) in [4.78, 5) is 18.7. The summed E-state index contributed by atoms with van der Waals surface area (Å²) in [6.07, 6.45) is 6.78. The molecule has 0 aliphatic heterocycles. The molecule has 2 N–H and O–H groups in total. The predicted molar refractivity (Wildman–Crippen MR) is 65.1 cm³/mol. The Kier molecular flexibility index (Phi) is 4.03. The highest BCUT2D eigenvalue weighted by Crippen LogP contribution is 1.99. The number of nitrogens with zero attached hydrogens (tertiary/aromatic N) is 3. The maximum absolute atomic E-state index is 10.6. The average molecular weight is 246 g/mol. The molecule has 2 aromatic rings. The molecule has 0 fully saturated rings. The summed E-state index contributed by atoms with van der Waals surface area (Å²) in [5, 5.41) is 12.0. The van der Waals surface area contributed by atoms with Crippen LogP contribution in [0.4, 0.5) is 0 Å². The Morgan fingerprint density at radius 1 is 1.44 bits per heavy atom. The number of imidazole rings is 1. The number of nitrogens with one attached hydrogen (secondary N) is 1. The van der Waals surface area contributed by atoms with E-state index in [2.05, 4.69) is 15.3 Å². The molecule has 0 saturated heterocycles. The van der Waals surface area contributed by atoms with Crippen LogP contribution in [0.2, 0.25) is 0 Å². The minimum atomic E-state index is -0.956. The van der Waals surface area contributed by atoms with Gasteiger partial charge in [-0.15, -0.1) is 0 Å². The first kappa shape index (κ1) is 12.3. The molecule has 6 heteroatoms. The van der Waals surface area contributed by atoms with E-state index in [1.807, 2.05) is 10.8 Å². The van der Waals surface area contributed by atoms with E-state index in [0.717, 1.165) is 18.8 Å². The summed E-state index contributed by atoms with van der Waals surface area (Å²) in [7, 11) is 0. The van der Waals surface area contributed by atoms with Crippen LogP contribution in [0.5, 0.6) is 0 Å². The Labute approximate surface area is 104 Å². The van der Waals surface area contributed by atoms with Crippen molar-refractivity contribution >= 4 is 5.97 Å². The molecule has 0 saturated carbocycles. The molecule has 6 nitrogen and oxygen atoms in total. The smallest absolute Gasteiger partial charge is 0.337 e. The molecule has 0 bridgehead atoms. The Morgan fingerprint density at radius 2 is 2.33 bits per heavy atom. The van der Waals surface area contributed by atoms with Crippen molar-refractivity contribution in [1.29, 1.82) is 0 Å². The van der Waals surface area contributed by atoms with Crippen LogP contribution >= 0.6 is 0 Å². The number of aromatic carboxylic acids is 1. The molecule has 0 aliphatic carbocycles. The summed E-state index contributed by atoms with van der Waals surface area (Å²) in [5.74, 6) is -0.956. The molecule has 0 aliphatic rings. The van der Waals surface area contributed by atoms with Crippen LogP contribution in [0, 0.1) is 0 Å². The third-order valence-corrected chi connectivity index (χ3v) is 2.48. The highest BCUT2D eigenvalue weighted by atomic mass is 16.4. The summed E-state index contributed by atoms with van der Waals surface area (Å²) in [6, 6.07) is 3.27. The van der Waals surface area contributed by atoms with Gasteiger partial charge in [-0.3, -0.25) is 4.98 Å². The van der Waals surface area contributed by atoms with Crippen molar-refractivity contribution < 1.29 is 9.90 Å². The molecule has 0 radical (unpaired) electrons. The van der Waals surface area contributed by atoms with Gasteiger partial charge in [0.05, 0.1) is 17.6 Å². The third kappa shape index (κ3) is 3.39. The summed E-state index contributed by atoms with van der Waals surface area (Å²) >= 11 is 0. The molecule has 18 heavy (non-hydrogen) atoms. The fraction of sp³-hybridized carbons (Fsp3) is 0.250. The van der Waals surface area contributed by atoms with Gasteiger partial charge >= 0.3 is 5.97 Å². The van der Waals surface area contributed by atoms with Crippen molar-refractivity contribution in [2.75, 3.05) is 6.54 Å². The lowest BCUT2D eigenvalue weighted by molar-refractivity contribution is 0.0696. The van der Waals surface area contributed by atoms with Gasteiger partial charge in [-0.25, -0.2) is 9.78 Å². The number of rotatable bonds is 6. The van der Waals surface area contributed by atoms with Crippen molar-refractivity contribution in [1.82, 2.24) is 19.9 Å². The van der Waals surface area contributed by atoms with Crippen molar-refractivity contribution in [2.24, 2.45) is 0 Å². The topological polar surface area (TPSA) is 80.0 Å². The van der Waals surface area contributed by atoms with Gasteiger partial charge in [-0.1, -0.05) is 0 Å². The normalized spacial score (nSPS) is 10.4. The zero-order valence-corrected chi connectivity index (χ0v) is 9.78. The minimum Gasteiger partial charge on any atom is -0.478 e. The minimum absolute atomic E-state index is 0.206. The van der Waals surface area contributed by atoms with Crippen molar-refractivity contribution in [3.8, 4) is 0 Å². The van der Waals surface area contributed by atoms with E-state index in [9.17, 15) is 4.79 Å². The van der Waals surface area contributed by atoms with E-state index >= 15 is 0 Å². The van der Waals surface area contributed by atoms with Gasteiger partial charge in [0, 0.05) is 38.2 Å². The average Bonchev–Trinajstić information content (AvgIpc) is 2.88.